The van der Waals surface area contributed by atoms with Crippen LogP contribution in [0.3, 0.4) is 0 Å². The van der Waals surface area contributed by atoms with Gasteiger partial charge in [0.2, 0.25) is 0 Å². The van der Waals surface area contributed by atoms with Crippen LogP contribution in [0.5, 0.6) is 0 Å². The lowest BCUT2D eigenvalue weighted by Crippen LogP contribution is -2.47. The maximum absolute atomic E-state index is 6.36. The Balaban J connectivity index is 1.56. The van der Waals surface area contributed by atoms with Crippen LogP contribution in [0.1, 0.15) is 23.9 Å². The third-order valence-corrected chi connectivity index (χ3v) is 5.22. The van der Waals surface area contributed by atoms with Gasteiger partial charge in [0.15, 0.2) is 11.5 Å². The molecule has 1 atom stereocenters. The number of nitrogens with zero attached hydrogens (tertiary/aromatic N) is 5. The molecule has 9 heteroatoms. The van der Waals surface area contributed by atoms with Gasteiger partial charge >= 0.3 is 0 Å². The number of hydrogen-bond acceptors (Lipinski definition) is 8. The molecule has 1 saturated heterocycles. The van der Waals surface area contributed by atoms with Gasteiger partial charge in [-0.2, -0.15) is 0 Å². The second-order valence-corrected chi connectivity index (χ2v) is 7.28. The lowest BCUT2D eigenvalue weighted by Gasteiger charge is -2.32. The molecule has 0 aromatic carbocycles. The SMILES string of the molecule is CC1(N)NC=C(c2nc3ccc(N4CCOCC4)cn3n2)c2cc(N)ncc21. The lowest BCUT2D eigenvalue weighted by atomic mass is 9.90. The molecule has 5 rings (SSSR count). The van der Waals surface area contributed by atoms with Crippen molar-refractivity contribution in [3.05, 3.63) is 53.7 Å². The van der Waals surface area contributed by atoms with Crippen LogP contribution < -0.4 is 21.7 Å². The van der Waals surface area contributed by atoms with Crippen LogP contribution in [0.4, 0.5) is 11.5 Å². The van der Waals surface area contributed by atoms with Crippen LogP contribution >= 0.6 is 0 Å². The molecule has 0 spiro atoms. The summed E-state index contributed by atoms with van der Waals surface area (Å²) >= 11 is 0. The summed E-state index contributed by atoms with van der Waals surface area (Å²) in [7, 11) is 0. The van der Waals surface area contributed by atoms with Crippen LogP contribution in [0, 0.1) is 0 Å². The van der Waals surface area contributed by atoms with Crippen LogP contribution in [0.25, 0.3) is 11.2 Å². The smallest absolute Gasteiger partial charge is 0.184 e. The second kappa shape index (κ2) is 6.18. The molecule has 5 heterocycles. The molecule has 3 aromatic rings. The number of morpholine rings is 1. The summed E-state index contributed by atoms with van der Waals surface area (Å²) in [6.07, 6.45) is 5.55. The molecular weight excluding hydrogens is 356 g/mol. The normalized spacial score (nSPS) is 21.9. The molecular formula is C19H22N8O. The van der Waals surface area contributed by atoms with E-state index in [1.54, 1.807) is 10.7 Å². The van der Waals surface area contributed by atoms with Crippen molar-refractivity contribution in [2.24, 2.45) is 5.73 Å². The van der Waals surface area contributed by atoms with Gasteiger partial charge in [-0.3, -0.25) is 0 Å². The number of anilines is 2. The van der Waals surface area contributed by atoms with Gasteiger partial charge in [-0.05, 0) is 30.7 Å². The van der Waals surface area contributed by atoms with Gasteiger partial charge in [0.1, 0.15) is 11.5 Å². The molecule has 9 nitrogen and oxygen atoms in total. The van der Waals surface area contributed by atoms with Crippen molar-refractivity contribution in [1.82, 2.24) is 24.9 Å². The van der Waals surface area contributed by atoms with Gasteiger partial charge in [0.25, 0.3) is 0 Å². The maximum atomic E-state index is 6.36. The molecule has 0 bridgehead atoms. The highest BCUT2D eigenvalue weighted by Crippen LogP contribution is 2.33. The van der Waals surface area contributed by atoms with E-state index in [1.807, 2.05) is 31.5 Å². The fourth-order valence-corrected chi connectivity index (χ4v) is 3.67. The number of hydrogen-bond donors (Lipinski definition) is 3. The summed E-state index contributed by atoms with van der Waals surface area (Å²) in [6, 6.07) is 5.87. The minimum absolute atomic E-state index is 0.431. The van der Waals surface area contributed by atoms with E-state index in [1.165, 1.54) is 0 Å². The first kappa shape index (κ1) is 17.0. The Morgan fingerprint density at radius 2 is 2.07 bits per heavy atom. The van der Waals surface area contributed by atoms with E-state index in [0.29, 0.717) is 11.6 Å². The van der Waals surface area contributed by atoms with Crippen molar-refractivity contribution in [3.8, 4) is 0 Å². The number of nitrogens with one attached hydrogen (secondary N) is 1. The third-order valence-electron chi connectivity index (χ3n) is 5.22. The van der Waals surface area contributed by atoms with Crippen LogP contribution in [-0.4, -0.2) is 45.9 Å². The zero-order chi connectivity index (χ0) is 19.3. The first-order valence-corrected chi connectivity index (χ1v) is 9.24. The molecule has 3 aromatic heterocycles. The number of pyridine rings is 2. The van der Waals surface area contributed by atoms with E-state index in [9.17, 15) is 0 Å². The van der Waals surface area contributed by atoms with E-state index in [4.69, 9.17) is 26.3 Å². The van der Waals surface area contributed by atoms with E-state index in [0.717, 1.165) is 54.3 Å². The summed E-state index contributed by atoms with van der Waals surface area (Å²) < 4.78 is 7.24. The number of rotatable bonds is 2. The number of aromatic nitrogens is 4. The van der Waals surface area contributed by atoms with Crippen LogP contribution in [-0.2, 0) is 10.4 Å². The quantitative estimate of drug-likeness (QED) is 0.595. The van der Waals surface area contributed by atoms with E-state index in [-0.39, 0.29) is 0 Å². The predicted octanol–water partition coefficient (Wildman–Crippen LogP) is 0.667. The predicted molar refractivity (Wildman–Crippen MR) is 106 cm³/mol. The third kappa shape index (κ3) is 2.76. The minimum atomic E-state index is -0.734. The van der Waals surface area contributed by atoms with Crippen molar-refractivity contribution in [1.29, 1.82) is 0 Å². The number of nitrogens with two attached hydrogens (primary N) is 2. The number of fused-ring (bicyclic) bond motifs is 2. The average Bonchev–Trinajstić information content (AvgIpc) is 3.11. The maximum Gasteiger partial charge on any atom is 0.184 e. The Morgan fingerprint density at radius 3 is 2.89 bits per heavy atom. The van der Waals surface area contributed by atoms with Crippen molar-refractivity contribution in [2.75, 3.05) is 36.9 Å². The van der Waals surface area contributed by atoms with Crippen molar-refractivity contribution in [2.45, 2.75) is 12.6 Å². The summed E-state index contributed by atoms with van der Waals surface area (Å²) in [4.78, 5) is 11.2. The zero-order valence-corrected chi connectivity index (χ0v) is 15.6. The van der Waals surface area contributed by atoms with Crippen molar-refractivity contribution < 1.29 is 4.74 Å². The van der Waals surface area contributed by atoms with Gasteiger partial charge in [-0.15, -0.1) is 5.10 Å². The van der Waals surface area contributed by atoms with Gasteiger partial charge in [-0.1, -0.05) is 0 Å². The Kier molecular flexibility index (Phi) is 3.74. The van der Waals surface area contributed by atoms with Gasteiger partial charge in [-0.25, -0.2) is 14.5 Å². The molecule has 0 aliphatic carbocycles. The zero-order valence-electron chi connectivity index (χ0n) is 15.6. The highest BCUT2D eigenvalue weighted by Gasteiger charge is 2.31. The monoisotopic (exact) mass is 378 g/mol. The Labute approximate surface area is 162 Å². The average molecular weight is 378 g/mol. The lowest BCUT2D eigenvalue weighted by molar-refractivity contribution is 0.122. The molecule has 0 amide bonds. The van der Waals surface area contributed by atoms with Crippen molar-refractivity contribution in [3.63, 3.8) is 0 Å². The van der Waals surface area contributed by atoms with Crippen LogP contribution in [0.15, 0.2) is 36.8 Å². The summed E-state index contributed by atoms with van der Waals surface area (Å²) in [5, 5.41) is 7.92. The molecule has 2 aliphatic heterocycles. The first-order valence-electron chi connectivity index (χ1n) is 9.24. The molecule has 2 aliphatic rings. The topological polar surface area (TPSA) is 120 Å². The fraction of sp³-hybridized carbons (Fsp3) is 0.316. The summed E-state index contributed by atoms with van der Waals surface area (Å²) in [5.74, 6) is 1.04. The standard InChI is InChI=1S/C19H22N8O/c1-19(21)15-10-22-16(20)8-13(15)14(9-23-19)18-24-17-3-2-12(11-27(17)25-18)26-4-6-28-7-5-26/h2-3,8-11,23H,4-7,21H2,1H3,(H2,20,22). The Bertz CT molecular complexity index is 1080. The molecule has 28 heavy (non-hydrogen) atoms. The molecule has 144 valence electrons. The summed E-state index contributed by atoms with van der Waals surface area (Å²) in [5.41, 5.74) is 16.0. The fourth-order valence-electron chi connectivity index (χ4n) is 3.67. The molecule has 0 saturated carbocycles. The molecule has 0 radical (unpaired) electrons. The van der Waals surface area contributed by atoms with E-state index < -0.39 is 5.66 Å². The highest BCUT2D eigenvalue weighted by molar-refractivity contribution is 5.81. The first-order chi connectivity index (χ1) is 13.5. The molecule has 1 unspecified atom stereocenters. The molecule has 1 fully saturated rings. The van der Waals surface area contributed by atoms with Crippen LogP contribution in [0.2, 0.25) is 0 Å². The molecule has 5 N–H and O–H groups in total. The number of nitrogen functional groups attached to an aromatic ring is 1. The Morgan fingerprint density at radius 1 is 1.25 bits per heavy atom. The van der Waals surface area contributed by atoms with Crippen molar-refractivity contribution >= 4 is 22.7 Å². The van der Waals surface area contributed by atoms with E-state index >= 15 is 0 Å². The second-order valence-electron chi connectivity index (χ2n) is 7.28. The highest BCUT2D eigenvalue weighted by atomic mass is 16.5. The van der Waals surface area contributed by atoms with Gasteiger partial charge < -0.3 is 26.4 Å². The van der Waals surface area contributed by atoms with E-state index in [2.05, 4.69) is 21.3 Å². The van der Waals surface area contributed by atoms with Gasteiger partial charge in [0, 0.05) is 36.6 Å². The number of ether oxygens (including phenoxy) is 1. The van der Waals surface area contributed by atoms with Gasteiger partial charge in [0.05, 0.1) is 25.1 Å². The minimum Gasteiger partial charge on any atom is -0.384 e. The largest absolute Gasteiger partial charge is 0.384 e. The summed E-state index contributed by atoms with van der Waals surface area (Å²) in [6.45, 7) is 5.11. The Hall–Kier alpha value is -3.17.